The van der Waals surface area contributed by atoms with Crippen molar-refractivity contribution >= 4 is 5.97 Å². The molecule has 1 saturated heterocycles. The van der Waals surface area contributed by atoms with Crippen LogP contribution in [0.15, 0.2) is 0 Å². The molecule has 3 heteroatoms. The number of hydrogen-bond acceptors (Lipinski definition) is 3. The molecule has 0 amide bonds. The topological polar surface area (TPSA) is 38.3 Å². The minimum absolute atomic E-state index is 0.0749. The van der Waals surface area contributed by atoms with E-state index < -0.39 is 0 Å². The summed E-state index contributed by atoms with van der Waals surface area (Å²) in [4.78, 5) is 11.2. The predicted molar refractivity (Wildman–Crippen MR) is 51.5 cm³/mol. The van der Waals surface area contributed by atoms with E-state index in [0.717, 1.165) is 6.42 Å². The number of piperidine rings is 1. The molecular formula is C10H19NO2. The average molecular weight is 185 g/mol. The number of rotatable bonds is 3. The summed E-state index contributed by atoms with van der Waals surface area (Å²) in [6, 6.07) is 0.885. The van der Waals surface area contributed by atoms with Crippen molar-refractivity contribution in [3.8, 4) is 0 Å². The third-order valence-corrected chi connectivity index (χ3v) is 2.43. The zero-order valence-electron chi connectivity index (χ0n) is 8.51. The van der Waals surface area contributed by atoms with Crippen LogP contribution in [0, 0.1) is 0 Å². The van der Waals surface area contributed by atoms with E-state index in [0.29, 0.717) is 25.1 Å². The van der Waals surface area contributed by atoms with E-state index in [9.17, 15) is 4.79 Å². The lowest BCUT2D eigenvalue weighted by atomic mass is 9.97. The first-order valence-corrected chi connectivity index (χ1v) is 5.14. The molecule has 0 bridgehead atoms. The summed E-state index contributed by atoms with van der Waals surface area (Å²) in [6.07, 6.45) is 4.07. The van der Waals surface area contributed by atoms with Crippen LogP contribution in [-0.2, 0) is 9.53 Å². The summed E-state index contributed by atoms with van der Waals surface area (Å²) in [5, 5.41) is 3.40. The van der Waals surface area contributed by atoms with E-state index in [1.165, 1.54) is 12.8 Å². The third-order valence-electron chi connectivity index (χ3n) is 2.43. The summed E-state index contributed by atoms with van der Waals surface area (Å²) < 4.78 is 4.90. The van der Waals surface area contributed by atoms with Gasteiger partial charge in [0, 0.05) is 12.1 Å². The first-order valence-electron chi connectivity index (χ1n) is 5.14. The third kappa shape index (κ3) is 3.77. The minimum Gasteiger partial charge on any atom is -0.466 e. The Labute approximate surface area is 79.8 Å². The van der Waals surface area contributed by atoms with E-state index >= 15 is 0 Å². The molecule has 0 aliphatic carbocycles. The largest absolute Gasteiger partial charge is 0.466 e. The van der Waals surface area contributed by atoms with Crippen molar-refractivity contribution in [2.24, 2.45) is 0 Å². The molecule has 0 saturated carbocycles. The predicted octanol–water partition coefficient (Wildman–Crippen LogP) is 1.47. The fraction of sp³-hybridized carbons (Fsp3) is 0.900. The molecule has 1 fully saturated rings. The minimum atomic E-state index is -0.0749. The van der Waals surface area contributed by atoms with Crippen molar-refractivity contribution in [3.05, 3.63) is 0 Å². The Morgan fingerprint density at radius 2 is 2.31 bits per heavy atom. The van der Waals surface area contributed by atoms with Crippen molar-refractivity contribution in [2.45, 2.75) is 51.6 Å². The second-order valence-electron chi connectivity index (χ2n) is 3.70. The van der Waals surface area contributed by atoms with Gasteiger partial charge in [-0.1, -0.05) is 6.42 Å². The molecule has 1 aliphatic rings. The summed E-state index contributed by atoms with van der Waals surface area (Å²) in [5.74, 6) is -0.0749. The van der Waals surface area contributed by atoms with Crippen molar-refractivity contribution in [3.63, 3.8) is 0 Å². The van der Waals surface area contributed by atoms with Gasteiger partial charge < -0.3 is 10.1 Å². The highest BCUT2D eigenvalue weighted by Gasteiger charge is 2.20. The smallest absolute Gasteiger partial charge is 0.307 e. The quantitative estimate of drug-likeness (QED) is 0.677. The van der Waals surface area contributed by atoms with Gasteiger partial charge in [-0.25, -0.2) is 0 Å². The van der Waals surface area contributed by atoms with Gasteiger partial charge in [0.15, 0.2) is 0 Å². The molecule has 1 rings (SSSR count). The van der Waals surface area contributed by atoms with Gasteiger partial charge in [-0.2, -0.15) is 0 Å². The summed E-state index contributed by atoms with van der Waals surface area (Å²) in [7, 11) is 0. The average Bonchev–Trinajstić information content (AvgIpc) is 2.04. The summed E-state index contributed by atoms with van der Waals surface area (Å²) >= 11 is 0. The molecule has 0 radical (unpaired) electrons. The van der Waals surface area contributed by atoms with E-state index in [4.69, 9.17) is 4.74 Å². The van der Waals surface area contributed by atoms with Gasteiger partial charge in [-0.05, 0) is 26.7 Å². The van der Waals surface area contributed by atoms with Crippen LogP contribution >= 0.6 is 0 Å². The van der Waals surface area contributed by atoms with Crippen LogP contribution in [0.25, 0.3) is 0 Å². The monoisotopic (exact) mass is 185 g/mol. The summed E-state index contributed by atoms with van der Waals surface area (Å²) in [6.45, 7) is 4.49. The van der Waals surface area contributed by atoms with Crippen LogP contribution in [0.3, 0.4) is 0 Å². The van der Waals surface area contributed by atoms with Crippen molar-refractivity contribution in [1.82, 2.24) is 5.32 Å². The first kappa shape index (κ1) is 10.5. The molecule has 76 valence electrons. The number of ether oxygens (including phenoxy) is 1. The Morgan fingerprint density at radius 3 is 2.92 bits per heavy atom. The number of carbonyl (C=O) groups is 1. The maximum absolute atomic E-state index is 11.2. The molecule has 2 unspecified atom stereocenters. The van der Waals surface area contributed by atoms with E-state index in [1.807, 2.05) is 6.92 Å². The molecule has 13 heavy (non-hydrogen) atoms. The molecule has 0 spiro atoms. The van der Waals surface area contributed by atoms with Gasteiger partial charge in [-0.3, -0.25) is 4.79 Å². The fourth-order valence-corrected chi connectivity index (χ4v) is 1.82. The molecular weight excluding hydrogens is 166 g/mol. The van der Waals surface area contributed by atoms with Crippen molar-refractivity contribution in [1.29, 1.82) is 0 Å². The maximum atomic E-state index is 11.2. The van der Waals surface area contributed by atoms with E-state index in [2.05, 4.69) is 12.2 Å². The lowest BCUT2D eigenvalue weighted by Crippen LogP contribution is -2.41. The molecule has 3 nitrogen and oxygen atoms in total. The molecule has 0 aromatic heterocycles. The number of carbonyl (C=O) groups excluding carboxylic acids is 1. The van der Waals surface area contributed by atoms with Crippen LogP contribution < -0.4 is 5.32 Å². The molecule has 2 atom stereocenters. The highest BCUT2D eigenvalue weighted by molar-refractivity contribution is 5.70. The van der Waals surface area contributed by atoms with Crippen LogP contribution in [0.2, 0.25) is 0 Å². The first-order chi connectivity index (χ1) is 6.22. The zero-order chi connectivity index (χ0) is 9.68. The maximum Gasteiger partial charge on any atom is 0.307 e. The van der Waals surface area contributed by atoms with E-state index in [-0.39, 0.29) is 5.97 Å². The lowest BCUT2D eigenvalue weighted by Gasteiger charge is -2.27. The SMILES string of the molecule is CCOC(=O)CC1CCCC(C)N1. The van der Waals surface area contributed by atoms with Gasteiger partial charge in [0.25, 0.3) is 0 Å². The van der Waals surface area contributed by atoms with Gasteiger partial charge in [0.1, 0.15) is 0 Å². The fourth-order valence-electron chi connectivity index (χ4n) is 1.82. The van der Waals surface area contributed by atoms with Crippen molar-refractivity contribution in [2.75, 3.05) is 6.61 Å². The van der Waals surface area contributed by atoms with Crippen LogP contribution in [0.4, 0.5) is 0 Å². The Hall–Kier alpha value is -0.570. The Morgan fingerprint density at radius 1 is 1.54 bits per heavy atom. The van der Waals surface area contributed by atoms with Crippen LogP contribution in [-0.4, -0.2) is 24.7 Å². The lowest BCUT2D eigenvalue weighted by molar-refractivity contribution is -0.143. The standard InChI is InChI=1S/C10H19NO2/c1-3-13-10(12)7-9-6-4-5-8(2)11-9/h8-9,11H,3-7H2,1-2H3. The normalized spacial score (nSPS) is 28.5. The van der Waals surface area contributed by atoms with Gasteiger partial charge in [0.2, 0.25) is 0 Å². The highest BCUT2D eigenvalue weighted by atomic mass is 16.5. The summed E-state index contributed by atoms with van der Waals surface area (Å²) in [5.41, 5.74) is 0. The highest BCUT2D eigenvalue weighted by Crippen LogP contribution is 2.14. The van der Waals surface area contributed by atoms with Gasteiger partial charge >= 0.3 is 5.97 Å². The van der Waals surface area contributed by atoms with Gasteiger partial charge in [-0.15, -0.1) is 0 Å². The van der Waals surface area contributed by atoms with E-state index in [1.54, 1.807) is 0 Å². The molecule has 0 aromatic rings. The van der Waals surface area contributed by atoms with Crippen molar-refractivity contribution < 1.29 is 9.53 Å². The Balaban J connectivity index is 2.23. The Kier molecular flexibility index (Phi) is 4.22. The number of hydrogen-bond donors (Lipinski definition) is 1. The van der Waals surface area contributed by atoms with Crippen LogP contribution in [0.5, 0.6) is 0 Å². The van der Waals surface area contributed by atoms with Crippen LogP contribution in [0.1, 0.15) is 39.5 Å². The second-order valence-corrected chi connectivity index (χ2v) is 3.70. The second kappa shape index (κ2) is 5.22. The Bertz CT molecular complexity index is 170. The molecule has 1 heterocycles. The zero-order valence-corrected chi connectivity index (χ0v) is 8.51. The number of nitrogens with one attached hydrogen (secondary N) is 1. The number of esters is 1. The molecule has 1 aliphatic heterocycles. The van der Waals surface area contributed by atoms with Gasteiger partial charge in [0.05, 0.1) is 13.0 Å². The molecule has 1 N–H and O–H groups in total. The molecule has 0 aromatic carbocycles.